The van der Waals surface area contributed by atoms with E-state index in [-0.39, 0.29) is 11.7 Å². The van der Waals surface area contributed by atoms with E-state index in [1.165, 1.54) is 0 Å². The van der Waals surface area contributed by atoms with Crippen LogP contribution in [0.3, 0.4) is 0 Å². The quantitative estimate of drug-likeness (QED) is 0.862. The smallest absolute Gasteiger partial charge is 0.142 e. The Labute approximate surface area is 100 Å². The van der Waals surface area contributed by atoms with Crippen LogP contribution in [0.15, 0.2) is 24.3 Å². The van der Waals surface area contributed by atoms with E-state index in [0.717, 1.165) is 16.6 Å². The Morgan fingerprint density at radius 1 is 1.47 bits per heavy atom. The Kier molecular flexibility index (Phi) is 3.24. The van der Waals surface area contributed by atoms with Gasteiger partial charge < -0.3 is 5.73 Å². The van der Waals surface area contributed by atoms with Gasteiger partial charge in [0.1, 0.15) is 5.78 Å². The van der Waals surface area contributed by atoms with Crippen LogP contribution in [0.25, 0.3) is 10.9 Å². The van der Waals surface area contributed by atoms with Gasteiger partial charge in [-0.15, -0.1) is 0 Å². The Bertz CT molecular complexity index is 545. The molecule has 4 nitrogen and oxygen atoms in total. The van der Waals surface area contributed by atoms with E-state index in [0.29, 0.717) is 13.0 Å². The second kappa shape index (κ2) is 4.67. The summed E-state index contributed by atoms with van der Waals surface area (Å²) in [6.45, 7) is 2.25. The third-order valence-electron chi connectivity index (χ3n) is 3.08. The van der Waals surface area contributed by atoms with Crippen molar-refractivity contribution in [3.8, 4) is 0 Å². The number of hydrogen-bond donors (Lipinski definition) is 1. The van der Waals surface area contributed by atoms with Gasteiger partial charge in [0.15, 0.2) is 0 Å². The van der Waals surface area contributed by atoms with Gasteiger partial charge in [0.2, 0.25) is 0 Å². The monoisotopic (exact) mass is 231 g/mol. The highest BCUT2D eigenvalue weighted by atomic mass is 16.1. The van der Waals surface area contributed by atoms with E-state index in [1.54, 1.807) is 0 Å². The average molecular weight is 231 g/mol. The summed E-state index contributed by atoms with van der Waals surface area (Å²) in [6.07, 6.45) is 0.361. The predicted octanol–water partition coefficient (Wildman–Crippen LogP) is 1.28. The van der Waals surface area contributed by atoms with Gasteiger partial charge in [-0.1, -0.05) is 25.1 Å². The van der Waals surface area contributed by atoms with Crippen LogP contribution >= 0.6 is 0 Å². The first-order chi connectivity index (χ1) is 8.13. The lowest BCUT2D eigenvalue weighted by atomic mass is 10.0. The minimum atomic E-state index is -0.101. The summed E-state index contributed by atoms with van der Waals surface area (Å²) in [7, 11) is 1.89. The number of Topliss-reactive ketones (excluding diaryl/α,β-unsaturated/α-hetero) is 1. The number of nitrogens with two attached hydrogens (primary N) is 1. The van der Waals surface area contributed by atoms with Crippen molar-refractivity contribution in [1.82, 2.24) is 9.78 Å². The molecule has 0 bridgehead atoms. The van der Waals surface area contributed by atoms with Crippen LogP contribution in [-0.4, -0.2) is 22.1 Å². The van der Waals surface area contributed by atoms with Crippen LogP contribution < -0.4 is 5.73 Å². The molecule has 1 unspecified atom stereocenters. The van der Waals surface area contributed by atoms with Gasteiger partial charge in [-0.25, -0.2) is 0 Å². The van der Waals surface area contributed by atoms with Gasteiger partial charge in [-0.2, -0.15) is 5.10 Å². The van der Waals surface area contributed by atoms with Crippen LogP contribution in [0.2, 0.25) is 0 Å². The molecule has 2 aromatic rings. The number of aromatic nitrogens is 2. The van der Waals surface area contributed by atoms with Crippen molar-refractivity contribution in [2.75, 3.05) is 6.54 Å². The van der Waals surface area contributed by atoms with Crippen molar-refractivity contribution in [3.05, 3.63) is 30.0 Å². The predicted molar refractivity (Wildman–Crippen MR) is 67.6 cm³/mol. The lowest BCUT2D eigenvalue weighted by molar-refractivity contribution is -0.121. The average Bonchev–Trinajstić information content (AvgIpc) is 2.66. The van der Waals surface area contributed by atoms with E-state index in [2.05, 4.69) is 5.10 Å². The first kappa shape index (κ1) is 11.8. The van der Waals surface area contributed by atoms with Gasteiger partial charge in [0.25, 0.3) is 0 Å². The van der Waals surface area contributed by atoms with E-state index in [4.69, 9.17) is 5.73 Å². The molecule has 4 heteroatoms. The topological polar surface area (TPSA) is 60.9 Å². The SMILES string of the molecule is CC(CN)C(=O)Cc1nn(C)c2ccccc12. The van der Waals surface area contributed by atoms with Crippen LogP contribution in [0, 0.1) is 5.92 Å². The van der Waals surface area contributed by atoms with Crippen LogP contribution in [0.5, 0.6) is 0 Å². The lowest BCUT2D eigenvalue weighted by Crippen LogP contribution is -2.22. The molecule has 0 amide bonds. The van der Waals surface area contributed by atoms with Gasteiger partial charge in [-0.3, -0.25) is 9.48 Å². The zero-order valence-electron chi connectivity index (χ0n) is 10.2. The molecule has 1 aromatic carbocycles. The van der Waals surface area contributed by atoms with Crippen molar-refractivity contribution in [2.45, 2.75) is 13.3 Å². The number of aryl methyl sites for hydroxylation is 1. The molecule has 0 radical (unpaired) electrons. The van der Waals surface area contributed by atoms with Gasteiger partial charge >= 0.3 is 0 Å². The van der Waals surface area contributed by atoms with Gasteiger partial charge in [-0.05, 0) is 6.07 Å². The summed E-state index contributed by atoms with van der Waals surface area (Å²) in [5.74, 6) is 0.0483. The third kappa shape index (κ3) is 2.22. The Morgan fingerprint density at radius 2 is 2.18 bits per heavy atom. The number of benzene rings is 1. The molecule has 2 N–H and O–H groups in total. The van der Waals surface area contributed by atoms with Crippen molar-refractivity contribution >= 4 is 16.7 Å². The minimum Gasteiger partial charge on any atom is -0.330 e. The molecule has 0 fully saturated rings. The fraction of sp³-hybridized carbons (Fsp3) is 0.385. The van der Waals surface area contributed by atoms with Crippen LogP contribution in [0.4, 0.5) is 0 Å². The maximum absolute atomic E-state index is 11.9. The number of para-hydroxylation sites is 1. The summed E-state index contributed by atoms with van der Waals surface area (Å²) in [5.41, 5.74) is 7.39. The van der Waals surface area contributed by atoms with E-state index < -0.39 is 0 Å². The van der Waals surface area contributed by atoms with Crippen molar-refractivity contribution in [1.29, 1.82) is 0 Å². The van der Waals surface area contributed by atoms with Crippen molar-refractivity contribution in [3.63, 3.8) is 0 Å². The molecule has 0 aliphatic carbocycles. The number of ketones is 1. The van der Waals surface area contributed by atoms with Crippen molar-refractivity contribution < 1.29 is 4.79 Å². The summed E-state index contributed by atoms with van der Waals surface area (Å²) in [5, 5.41) is 5.45. The number of carbonyl (C=O) groups excluding carboxylic acids is 1. The minimum absolute atomic E-state index is 0.101. The summed E-state index contributed by atoms with van der Waals surface area (Å²) < 4.78 is 1.81. The first-order valence-corrected chi connectivity index (χ1v) is 5.77. The molecular weight excluding hydrogens is 214 g/mol. The molecule has 0 saturated carbocycles. The molecule has 2 rings (SSSR count). The van der Waals surface area contributed by atoms with Crippen LogP contribution in [0.1, 0.15) is 12.6 Å². The van der Waals surface area contributed by atoms with E-state index in [1.807, 2.05) is 42.9 Å². The molecule has 0 aliphatic heterocycles. The van der Waals surface area contributed by atoms with Gasteiger partial charge in [0, 0.05) is 24.9 Å². The second-order valence-corrected chi connectivity index (χ2v) is 4.37. The van der Waals surface area contributed by atoms with Gasteiger partial charge in [0.05, 0.1) is 17.6 Å². The number of fused-ring (bicyclic) bond motifs is 1. The highest BCUT2D eigenvalue weighted by Crippen LogP contribution is 2.18. The molecular formula is C13H17N3O. The number of rotatable bonds is 4. The van der Waals surface area contributed by atoms with Crippen LogP contribution in [-0.2, 0) is 18.3 Å². The third-order valence-corrected chi connectivity index (χ3v) is 3.08. The highest BCUT2D eigenvalue weighted by Gasteiger charge is 2.16. The zero-order valence-corrected chi connectivity index (χ0v) is 10.2. The molecule has 1 heterocycles. The number of hydrogen-bond acceptors (Lipinski definition) is 3. The molecule has 0 spiro atoms. The largest absolute Gasteiger partial charge is 0.330 e. The number of nitrogens with zero attached hydrogens (tertiary/aromatic N) is 2. The zero-order chi connectivity index (χ0) is 12.4. The summed E-state index contributed by atoms with van der Waals surface area (Å²) >= 11 is 0. The lowest BCUT2D eigenvalue weighted by Gasteiger charge is -2.05. The molecule has 0 aliphatic rings. The molecule has 17 heavy (non-hydrogen) atoms. The maximum Gasteiger partial charge on any atom is 0.142 e. The van der Waals surface area contributed by atoms with Crippen molar-refractivity contribution in [2.24, 2.45) is 18.7 Å². The number of carbonyl (C=O) groups is 1. The standard InChI is InChI=1S/C13H17N3O/c1-9(8-14)13(17)7-11-10-5-3-4-6-12(10)16(2)15-11/h3-6,9H,7-8,14H2,1-2H3. The Hall–Kier alpha value is -1.68. The maximum atomic E-state index is 11.9. The highest BCUT2D eigenvalue weighted by molar-refractivity contribution is 5.89. The Morgan fingerprint density at radius 3 is 2.88 bits per heavy atom. The normalized spacial score (nSPS) is 12.9. The van der Waals surface area contributed by atoms with E-state index >= 15 is 0 Å². The first-order valence-electron chi connectivity index (χ1n) is 5.77. The molecule has 1 atom stereocenters. The molecule has 1 aromatic heterocycles. The summed E-state index contributed by atoms with van der Waals surface area (Å²) in [4.78, 5) is 11.9. The summed E-state index contributed by atoms with van der Waals surface area (Å²) in [6, 6.07) is 7.93. The van der Waals surface area contributed by atoms with E-state index in [9.17, 15) is 4.79 Å². The fourth-order valence-corrected chi connectivity index (χ4v) is 1.89. The fourth-order valence-electron chi connectivity index (χ4n) is 1.89. The molecule has 90 valence electrons. The molecule has 0 saturated heterocycles. The Balaban J connectivity index is 2.34. The second-order valence-electron chi connectivity index (χ2n) is 4.37.